The zero-order chi connectivity index (χ0) is 17.0. The summed E-state index contributed by atoms with van der Waals surface area (Å²) >= 11 is 0. The van der Waals surface area contributed by atoms with Crippen LogP contribution in [0.3, 0.4) is 0 Å². The number of carbonyl (C=O) groups excluding carboxylic acids is 1. The maximum atomic E-state index is 12.7. The van der Waals surface area contributed by atoms with E-state index in [0.717, 1.165) is 17.0 Å². The summed E-state index contributed by atoms with van der Waals surface area (Å²) in [6, 6.07) is 15.3. The minimum Gasteiger partial charge on any atom is -0.496 e. The summed E-state index contributed by atoms with van der Waals surface area (Å²) in [4.78, 5) is 16.5. The smallest absolute Gasteiger partial charge is 0.254 e. The van der Waals surface area contributed by atoms with Gasteiger partial charge in [0.25, 0.3) is 5.91 Å². The molecule has 4 heteroatoms. The van der Waals surface area contributed by atoms with Crippen molar-refractivity contribution in [1.82, 2.24) is 4.90 Å². The lowest BCUT2D eigenvalue weighted by Crippen LogP contribution is -2.29. The third kappa shape index (κ3) is 3.65. The van der Waals surface area contributed by atoms with E-state index in [1.807, 2.05) is 81.5 Å². The molecule has 0 aromatic heterocycles. The number of benzene rings is 2. The Morgan fingerprint density at radius 1 is 1.00 bits per heavy atom. The van der Waals surface area contributed by atoms with Crippen LogP contribution in [0.5, 0.6) is 5.75 Å². The van der Waals surface area contributed by atoms with E-state index in [-0.39, 0.29) is 11.9 Å². The van der Waals surface area contributed by atoms with Gasteiger partial charge in [0, 0.05) is 38.0 Å². The van der Waals surface area contributed by atoms with E-state index in [4.69, 9.17) is 4.74 Å². The fourth-order valence-electron chi connectivity index (χ4n) is 2.50. The highest BCUT2D eigenvalue weighted by molar-refractivity contribution is 5.94. The van der Waals surface area contributed by atoms with E-state index >= 15 is 0 Å². The maximum Gasteiger partial charge on any atom is 0.254 e. The van der Waals surface area contributed by atoms with Crippen LogP contribution in [0, 0.1) is 0 Å². The van der Waals surface area contributed by atoms with Crippen molar-refractivity contribution in [2.75, 3.05) is 33.2 Å². The number of para-hydroxylation sites is 1. The van der Waals surface area contributed by atoms with Crippen molar-refractivity contribution < 1.29 is 9.53 Å². The van der Waals surface area contributed by atoms with Crippen LogP contribution in [0.1, 0.15) is 28.9 Å². The van der Waals surface area contributed by atoms with Crippen LogP contribution in [-0.2, 0) is 0 Å². The minimum atomic E-state index is -0.0767. The second-order valence-corrected chi connectivity index (χ2v) is 5.78. The minimum absolute atomic E-state index is 0.00582. The van der Waals surface area contributed by atoms with Gasteiger partial charge in [0.2, 0.25) is 0 Å². The van der Waals surface area contributed by atoms with Crippen LogP contribution in [0.25, 0.3) is 0 Å². The predicted molar refractivity (Wildman–Crippen MR) is 94.3 cm³/mol. The average molecular weight is 312 g/mol. The van der Waals surface area contributed by atoms with E-state index in [9.17, 15) is 4.79 Å². The molecule has 2 rings (SSSR count). The second kappa shape index (κ2) is 7.18. The van der Waals surface area contributed by atoms with E-state index in [0.29, 0.717) is 5.56 Å². The maximum absolute atomic E-state index is 12.7. The van der Waals surface area contributed by atoms with Gasteiger partial charge in [-0.1, -0.05) is 18.2 Å². The molecule has 0 radical (unpaired) electrons. The van der Waals surface area contributed by atoms with Crippen molar-refractivity contribution in [2.24, 2.45) is 0 Å². The first-order chi connectivity index (χ1) is 11.0. The molecule has 122 valence electrons. The van der Waals surface area contributed by atoms with Crippen molar-refractivity contribution in [3.63, 3.8) is 0 Å². The number of anilines is 1. The first kappa shape index (κ1) is 16.9. The predicted octanol–water partition coefficient (Wildman–Crippen LogP) is 3.59. The molecule has 0 bridgehead atoms. The number of methoxy groups -OCH3 is 1. The Kier molecular flexibility index (Phi) is 5.27. The molecule has 1 amide bonds. The summed E-state index contributed by atoms with van der Waals surface area (Å²) < 4.78 is 5.40. The van der Waals surface area contributed by atoms with Gasteiger partial charge < -0.3 is 14.5 Å². The lowest BCUT2D eigenvalue weighted by Gasteiger charge is -2.27. The molecule has 0 saturated carbocycles. The first-order valence-electron chi connectivity index (χ1n) is 7.63. The van der Waals surface area contributed by atoms with Crippen LogP contribution in [0.2, 0.25) is 0 Å². The molecule has 23 heavy (non-hydrogen) atoms. The Bertz CT molecular complexity index is 665. The van der Waals surface area contributed by atoms with E-state index in [1.165, 1.54) is 0 Å². The SMILES string of the molecule is COc1ccccc1[C@H](C)N(C)C(=O)c1ccc(N(C)C)cc1. The first-order valence-corrected chi connectivity index (χ1v) is 7.63. The number of carbonyl (C=O) groups is 1. The van der Waals surface area contributed by atoms with Gasteiger partial charge in [0.15, 0.2) is 0 Å². The molecule has 0 fully saturated rings. The molecule has 0 heterocycles. The number of ether oxygens (including phenoxy) is 1. The molecule has 2 aromatic rings. The normalized spacial score (nSPS) is 11.7. The molecule has 0 saturated heterocycles. The lowest BCUT2D eigenvalue weighted by atomic mass is 10.0. The van der Waals surface area contributed by atoms with Gasteiger partial charge in [-0.05, 0) is 37.3 Å². The van der Waals surface area contributed by atoms with E-state index < -0.39 is 0 Å². The van der Waals surface area contributed by atoms with Crippen LogP contribution in [0.15, 0.2) is 48.5 Å². The summed E-state index contributed by atoms with van der Waals surface area (Å²) in [5, 5.41) is 0. The molecule has 4 nitrogen and oxygen atoms in total. The largest absolute Gasteiger partial charge is 0.496 e. The molecule has 0 N–H and O–H groups in total. The third-order valence-corrected chi connectivity index (χ3v) is 4.12. The van der Waals surface area contributed by atoms with Gasteiger partial charge in [-0.3, -0.25) is 4.79 Å². The Balaban J connectivity index is 2.21. The molecular formula is C19H24N2O2. The highest BCUT2D eigenvalue weighted by atomic mass is 16.5. The Labute approximate surface area is 138 Å². The highest BCUT2D eigenvalue weighted by Gasteiger charge is 2.21. The van der Waals surface area contributed by atoms with Crippen molar-refractivity contribution in [2.45, 2.75) is 13.0 Å². The molecular weight excluding hydrogens is 288 g/mol. The number of nitrogens with zero attached hydrogens (tertiary/aromatic N) is 2. The zero-order valence-electron chi connectivity index (χ0n) is 14.4. The molecule has 0 aliphatic carbocycles. The standard InChI is InChI=1S/C19H24N2O2/c1-14(17-8-6-7-9-18(17)23-5)21(4)19(22)15-10-12-16(13-11-15)20(2)3/h6-14H,1-5H3/t14-/m0/s1. The quantitative estimate of drug-likeness (QED) is 0.846. The zero-order valence-corrected chi connectivity index (χ0v) is 14.4. The number of rotatable bonds is 5. The molecule has 2 aromatic carbocycles. The Morgan fingerprint density at radius 2 is 1.61 bits per heavy atom. The fraction of sp³-hybridized carbons (Fsp3) is 0.316. The highest BCUT2D eigenvalue weighted by Crippen LogP contribution is 2.29. The monoisotopic (exact) mass is 312 g/mol. The van der Waals surface area contributed by atoms with E-state index in [2.05, 4.69) is 0 Å². The summed E-state index contributed by atoms with van der Waals surface area (Å²) in [7, 11) is 7.42. The molecule has 0 spiro atoms. The average Bonchev–Trinajstić information content (AvgIpc) is 2.59. The van der Waals surface area contributed by atoms with Crippen LogP contribution in [-0.4, -0.2) is 39.1 Å². The van der Waals surface area contributed by atoms with Crippen LogP contribution < -0.4 is 9.64 Å². The summed E-state index contributed by atoms with van der Waals surface area (Å²) in [6.45, 7) is 2.00. The van der Waals surface area contributed by atoms with Gasteiger partial charge in [-0.2, -0.15) is 0 Å². The summed E-state index contributed by atoms with van der Waals surface area (Å²) in [6.07, 6.45) is 0. The second-order valence-electron chi connectivity index (χ2n) is 5.78. The number of amides is 1. The van der Waals surface area contributed by atoms with Gasteiger partial charge in [0.1, 0.15) is 5.75 Å². The van der Waals surface area contributed by atoms with Gasteiger partial charge in [-0.25, -0.2) is 0 Å². The van der Waals surface area contributed by atoms with Crippen molar-refractivity contribution in [3.8, 4) is 5.75 Å². The van der Waals surface area contributed by atoms with E-state index in [1.54, 1.807) is 12.0 Å². The summed E-state index contributed by atoms with van der Waals surface area (Å²) in [5.74, 6) is 0.788. The lowest BCUT2D eigenvalue weighted by molar-refractivity contribution is 0.0741. The Hall–Kier alpha value is -2.49. The number of hydrogen-bond donors (Lipinski definition) is 0. The third-order valence-electron chi connectivity index (χ3n) is 4.12. The molecule has 0 unspecified atom stereocenters. The summed E-state index contributed by atoms with van der Waals surface area (Å²) in [5.41, 5.74) is 2.75. The van der Waals surface area contributed by atoms with Gasteiger partial charge >= 0.3 is 0 Å². The van der Waals surface area contributed by atoms with Crippen molar-refractivity contribution in [1.29, 1.82) is 0 Å². The van der Waals surface area contributed by atoms with Gasteiger partial charge in [0.05, 0.1) is 13.2 Å². The van der Waals surface area contributed by atoms with Crippen molar-refractivity contribution >= 4 is 11.6 Å². The van der Waals surface area contributed by atoms with Gasteiger partial charge in [-0.15, -0.1) is 0 Å². The van der Waals surface area contributed by atoms with Crippen molar-refractivity contribution in [3.05, 3.63) is 59.7 Å². The topological polar surface area (TPSA) is 32.8 Å². The molecule has 1 atom stereocenters. The number of hydrogen-bond acceptors (Lipinski definition) is 3. The fourth-order valence-corrected chi connectivity index (χ4v) is 2.50. The van der Waals surface area contributed by atoms with Crippen LogP contribution in [0.4, 0.5) is 5.69 Å². The Morgan fingerprint density at radius 3 is 2.17 bits per heavy atom. The molecule has 0 aliphatic heterocycles. The molecule has 0 aliphatic rings. The van der Waals surface area contributed by atoms with Crippen LogP contribution >= 0.6 is 0 Å².